The van der Waals surface area contributed by atoms with Crippen LogP contribution < -0.4 is 5.32 Å². The molecule has 0 radical (unpaired) electrons. The number of phenols is 1. The minimum absolute atomic E-state index is 0.0127. The number of rotatable bonds is 5. The smallest absolute Gasteiger partial charge is 0.342 e. The van der Waals surface area contributed by atoms with Crippen LogP contribution in [0.2, 0.25) is 0 Å². The quantitative estimate of drug-likeness (QED) is 0.793. The molecule has 0 bridgehead atoms. The molecule has 2 aromatic rings. The van der Waals surface area contributed by atoms with E-state index in [-0.39, 0.29) is 17.4 Å². The molecule has 0 saturated carbocycles. The summed E-state index contributed by atoms with van der Waals surface area (Å²) in [5, 5.41) is 12.2. The number of carbonyl (C=O) groups excluding carboxylic acids is 2. The number of benzene rings is 1. The molecule has 1 aromatic carbocycles. The fraction of sp³-hybridized carbons (Fsp3) is 0.200. The standard InChI is InChI=1S/C15H14BrNO5/c1-9(13-3-2-6-21-13)17-14(19)8-22-15(20)11-7-10(16)4-5-12(11)18/h2-7,9,18H,8H2,1H3,(H,17,19)/t9-/m0/s1. The Morgan fingerprint density at radius 2 is 2.18 bits per heavy atom. The zero-order valence-electron chi connectivity index (χ0n) is 11.7. The van der Waals surface area contributed by atoms with E-state index < -0.39 is 18.5 Å². The summed E-state index contributed by atoms with van der Waals surface area (Å²) in [5.74, 6) is -0.854. The Balaban J connectivity index is 1.88. The number of furan rings is 1. The molecular formula is C15H14BrNO5. The van der Waals surface area contributed by atoms with E-state index in [0.29, 0.717) is 10.2 Å². The van der Waals surface area contributed by atoms with Crippen molar-refractivity contribution in [1.29, 1.82) is 0 Å². The molecule has 0 fully saturated rings. The lowest BCUT2D eigenvalue weighted by molar-refractivity contribution is -0.125. The van der Waals surface area contributed by atoms with E-state index >= 15 is 0 Å². The fourth-order valence-electron chi connectivity index (χ4n) is 1.77. The average Bonchev–Trinajstić information content (AvgIpc) is 3.01. The van der Waals surface area contributed by atoms with Gasteiger partial charge in [0.15, 0.2) is 6.61 Å². The second-order valence-corrected chi connectivity index (χ2v) is 5.46. The van der Waals surface area contributed by atoms with E-state index in [0.717, 1.165) is 0 Å². The molecule has 0 saturated heterocycles. The van der Waals surface area contributed by atoms with E-state index in [4.69, 9.17) is 9.15 Å². The maximum atomic E-state index is 11.8. The molecule has 0 aliphatic rings. The van der Waals surface area contributed by atoms with Crippen molar-refractivity contribution in [3.8, 4) is 5.75 Å². The van der Waals surface area contributed by atoms with Crippen LogP contribution in [0.25, 0.3) is 0 Å². The highest BCUT2D eigenvalue weighted by Crippen LogP contribution is 2.22. The van der Waals surface area contributed by atoms with Crippen LogP contribution in [-0.4, -0.2) is 23.6 Å². The van der Waals surface area contributed by atoms with Crippen molar-refractivity contribution in [2.24, 2.45) is 0 Å². The molecule has 6 nitrogen and oxygen atoms in total. The molecule has 22 heavy (non-hydrogen) atoms. The number of ether oxygens (including phenoxy) is 1. The van der Waals surface area contributed by atoms with Gasteiger partial charge in [0.25, 0.3) is 5.91 Å². The lowest BCUT2D eigenvalue weighted by atomic mass is 10.2. The van der Waals surface area contributed by atoms with Crippen LogP contribution >= 0.6 is 15.9 Å². The van der Waals surface area contributed by atoms with Crippen molar-refractivity contribution in [3.05, 3.63) is 52.4 Å². The SMILES string of the molecule is C[C@H](NC(=O)COC(=O)c1cc(Br)ccc1O)c1ccco1. The number of hydrogen-bond donors (Lipinski definition) is 2. The lowest BCUT2D eigenvalue weighted by Crippen LogP contribution is -2.31. The van der Waals surface area contributed by atoms with Gasteiger partial charge in [0.05, 0.1) is 12.3 Å². The monoisotopic (exact) mass is 367 g/mol. The Labute approximate surface area is 135 Å². The maximum absolute atomic E-state index is 11.8. The Morgan fingerprint density at radius 3 is 2.86 bits per heavy atom. The Morgan fingerprint density at radius 1 is 1.41 bits per heavy atom. The third kappa shape index (κ3) is 4.11. The molecular weight excluding hydrogens is 354 g/mol. The lowest BCUT2D eigenvalue weighted by Gasteiger charge is -2.12. The summed E-state index contributed by atoms with van der Waals surface area (Å²) in [4.78, 5) is 23.6. The Kier molecular flexibility index (Phi) is 5.21. The van der Waals surface area contributed by atoms with Crippen LogP contribution in [0.4, 0.5) is 0 Å². The van der Waals surface area contributed by atoms with Gasteiger partial charge in [0, 0.05) is 4.47 Å². The van der Waals surface area contributed by atoms with Gasteiger partial charge in [-0.25, -0.2) is 4.79 Å². The van der Waals surface area contributed by atoms with Gasteiger partial charge in [-0.05, 0) is 37.3 Å². The van der Waals surface area contributed by atoms with Gasteiger partial charge in [-0.3, -0.25) is 4.79 Å². The number of hydrogen-bond acceptors (Lipinski definition) is 5. The molecule has 7 heteroatoms. The fourth-order valence-corrected chi connectivity index (χ4v) is 2.13. The molecule has 1 amide bonds. The molecule has 2 rings (SSSR count). The van der Waals surface area contributed by atoms with E-state index in [2.05, 4.69) is 21.2 Å². The molecule has 0 spiro atoms. The highest BCUT2D eigenvalue weighted by atomic mass is 79.9. The molecule has 2 N–H and O–H groups in total. The zero-order chi connectivity index (χ0) is 16.1. The van der Waals surface area contributed by atoms with Crippen LogP contribution in [0.1, 0.15) is 29.1 Å². The molecule has 116 valence electrons. The highest BCUT2D eigenvalue weighted by Gasteiger charge is 2.16. The topological polar surface area (TPSA) is 88.8 Å². The van der Waals surface area contributed by atoms with Gasteiger partial charge < -0.3 is 19.6 Å². The molecule has 0 aliphatic carbocycles. The first-order valence-electron chi connectivity index (χ1n) is 6.46. The van der Waals surface area contributed by atoms with E-state index in [9.17, 15) is 14.7 Å². The van der Waals surface area contributed by atoms with Crippen LogP contribution in [-0.2, 0) is 9.53 Å². The van der Waals surface area contributed by atoms with Gasteiger partial charge in [-0.2, -0.15) is 0 Å². The minimum atomic E-state index is -0.778. The maximum Gasteiger partial charge on any atom is 0.342 e. The number of amides is 1. The van der Waals surface area contributed by atoms with Crippen molar-refractivity contribution < 1.29 is 23.8 Å². The molecule has 0 unspecified atom stereocenters. The molecule has 0 aliphatic heterocycles. The third-order valence-electron chi connectivity index (χ3n) is 2.86. The van der Waals surface area contributed by atoms with Gasteiger partial charge in [-0.15, -0.1) is 0 Å². The third-order valence-corrected chi connectivity index (χ3v) is 3.35. The summed E-state index contributed by atoms with van der Waals surface area (Å²) < 4.78 is 10.7. The predicted molar refractivity (Wildman–Crippen MR) is 81.4 cm³/mol. The first-order valence-corrected chi connectivity index (χ1v) is 7.25. The van der Waals surface area contributed by atoms with Crippen molar-refractivity contribution in [2.45, 2.75) is 13.0 Å². The van der Waals surface area contributed by atoms with Crippen molar-refractivity contribution in [2.75, 3.05) is 6.61 Å². The summed E-state index contributed by atoms with van der Waals surface area (Å²) in [5.41, 5.74) is -0.0127. The van der Waals surface area contributed by atoms with Gasteiger partial charge in [0.1, 0.15) is 17.1 Å². The largest absolute Gasteiger partial charge is 0.507 e. The average molecular weight is 368 g/mol. The number of aromatic hydroxyl groups is 1. The Bertz CT molecular complexity index is 669. The Hall–Kier alpha value is -2.28. The highest BCUT2D eigenvalue weighted by molar-refractivity contribution is 9.10. The second-order valence-electron chi connectivity index (χ2n) is 4.54. The number of nitrogens with one attached hydrogen (secondary N) is 1. The molecule has 1 aromatic heterocycles. The van der Waals surface area contributed by atoms with Crippen molar-refractivity contribution in [1.82, 2.24) is 5.32 Å². The summed E-state index contributed by atoms with van der Waals surface area (Å²) in [7, 11) is 0. The van der Waals surface area contributed by atoms with Crippen molar-refractivity contribution in [3.63, 3.8) is 0 Å². The first-order chi connectivity index (χ1) is 10.5. The second kappa shape index (κ2) is 7.13. The summed E-state index contributed by atoms with van der Waals surface area (Å²) >= 11 is 3.19. The van der Waals surface area contributed by atoms with Gasteiger partial charge in [0.2, 0.25) is 0 Å². The van der Waals surface area contributed by atoms with E-state index in [1.165, 1.54) is 18.4 Å². The van der Waals surface area contributed by atoms with E-state index in [1.54, 1.807) is 25.1 Å². The normalized spacial score (nSPS) is 11.7. The van der Waals surface area contributed by atoms with E-state index in [1.807, 2.05) is 0 Å². The van der Waals surface area contributed by atoms with Gasteiger partial charge >= 0.3 is 5.97 Å². The summed E-state index contributed by atoms with van der Waals surface area (Å²) in [6.07, 6.45) is 1.51. The van der Waals surface area contributed by atoms with Crippen LogP contribution in [0.15, 0.2) is 45.5 Å². The van der Waals surface area contributed by atoms with Crippen LogP contribution in [0, 0.1) is 0 Å². The van der Waals surface area contributed by atoms with Gasteiger partial charge in [-0.1, -0.05) is 15.9 Å². The summed E-state index contributed by atoms with van der Waals surface area (Å²) in [6, 6.07) is 7.48. The number of phenolic OH excluding ortho intramolecular Hbond substituents is 1. The summed E-state index contributed by atoms with van der Waals surface area (Å²) in [6.45, 7) is 1.30. The molecule has 1 atom stereocenters. The van der Waals surface area contributed by atoms with Crippen LogP contribution in [0.3, 0.4) is 0 Å². The zero-order valence-corrected chi connectivity index (χ0v) is 13.3. The number of carbonyl (C=O) groups is 2. The van der Waals surface area contributed by atoms with Crippen LogP contribution in [0.5, 0.6) is 5.75 Å². The predicted octanol–water partition coefficient (Wildman–Crippen LogP) is 2.78. The number of esters is 1. The molecule has 1 heterocycles. The number of halogens is 1. The van der Waals surface area contributed by atoms with Crippen molar-refractivity contribution >= 4 is 27.8 Å². The first kappa shape index (κ1) is 16.1. The minimum Gasteiger partial charge on any atom is -0.507 e.